The second kappa shape index (κ2) is 4.47. The lowest BCUT2D eigenvalue weighted by Gasteiger charge is -2.09. The van der Waals surface area contributed by atoms with Crippen molar-refractivity contribution in [3.63, 3.8) is 0 Å². The maximum atomic E-state index is 10.7. The van der Waals surface area contributed by atoms with Crippen molar-refractivity contribution in [1.29, 1.82) is 0 Å². The van der Waals surface area contributed by atoms with Gasteiger partial charge in [0.1, 0.15) is 0 Å². The summed E-state index contributed by atoms with van der Waals surface area (Å²) in [4.78, 5) is 10.7. The highest BCUT2D eigenvalue weighted by Crippen LogP contribution is 2.33. The van der Waals surface area contributed by atoms with E-state index in [9.17, 15) is 4.79 Å². The van der Waals surface area contributed by atoms with Gasteiger partial charge in [-0.1, -0.05) is 37.1 Å². The first-order valence-electron chi connectivity index (χ1n) is 5.63. The predicted octanol–water partition coefficient (Wildman–Crippen LogP) is 2.37. The highest BCUT2D eigenvalue weighted by Gasteiger charge is 2.16. The smallest absolute Gasteiger partial charge is 0.221 e. The van der Waals surface area contributed by atoms with Crippen LogP contribution < -0.4 is 5.73 Å². The van der Waals surface area contributed by atoms with Gasteiger partial charge in [0.25, 0.3) is 0 Å². The molecule has 2 N–H and O–H groups in total. The quantitative estimate of drug-likeness (QED) is 0.805. The van der Waals surface area contributed by atoms with Crippen LogP contribution >= 0.6 is 0 Å². The minimum Gasteiger partial charge on any atom is -0.369 e. The molecule has 2 nitrogen and oxygen atoms in total. The lowest BCUT2D eigenvalue weighted by molar-refractivity contribution is -0.117. The molecule has 0 saturated heterocycles. The van der Waals surface area contributed by atoms with Crippen molar-refractivity contribution >= 4 is 5.91 Å². The molecule has 2 rings (SSSR count). The van der Waals surface area contributed by atoms with Gasteiger partial charge in [-0.25, -0.2) is 0 Å². The van der Waals surface area contributed by atoms with Crippen LogP contribution in [-0.2, 0) is 11.2 Å². The van der Waals surface area contributed by atoms with Gasteiger partial charge in [-0.15, -0.1) is 0 Å². The maximum Gasteiger partial charge on any atom is 0.221 e. The summed E-state index contributed by atoms with van der Waals surface area (Å²) in [5.41, 5.74) is 7.58. The molecule has 0 bridgehead atoms. The SMILES string of the molecule is NC(=O)Cc1ccc(C2CCCC2)cc1. The van der Waals surface area contributed by atoms with Gasteiger partial charge in [0.2, 0.25) is 5.91 Å². The fraction of sp³-hybridized carbons (Fsp3) is 0.462. The number of benzene rings is 1. The van der Waals surface area contributed by atoms with Crippen molar-refractivity contribution in [2.75, 3.05) is 0 Å². The molecule has 1 aromatic carbocycles. The zero-order valence-electron chi connectivity index (χ0n) is 8.91. The Labute approximate surface area is 90.5 Å². The number of primary amides is 1. The van der Waals surface area contributed by atoms with Crippen LogP contribution in [0.15, 0.2) is 24.3 Å². The van der Waals surface area contributed by atoms with E-state index in [4.69, 9.17) is 5.73 Å². The van der Waals surface area contributed by atoms with Crippen LogP contribution in [0.4, 0.5) is 0 Å². The van der Waals surface area contributed by atoms with Gasteiger partial charge in [-0.3, -0.25) is 4.79 Å². The van der Waals surface area contributed by atoms with E-state index in [1.807, 2.05) is 12.1 Å². The Morgan fingerprint density at radius 1 is 1.20 bits per heavy atom. The molecule has 1 amide bonds. The van der Waals surface area contributed by atoms with E-state index in [0.29, 0.717) is 6.42 Å². The minimum absolute atomic E-state index is 0.261. The van der Waals surface area contributed by atoms with E-state index in [2.05, 4.69) is 12.1 Å². The van der Waals surface area contributed by atoms with Crippen LogP contribution in [-0.4, -0.2) is 5.91 Å². The number of rotatable bonds is 3. The molecule has 0 radical (unpaired) electrons. The Hall–Kier alpha value is -1.31. The van der Waals surface area contributed by atoms with Gasteiger partial charge in [-0.2, -0.15) is 0 Å². The molecule has 0 spiro atoms. The Kier molecular flexibility index (Phi) is 3.05. The summed E-state index contributed by atoms with van der Waals surface area (Å²) in [5, 5.41) is 0. The van der Waals surface area contributed by atoms with E-state index in [0.717, 1.165) is 11.5 Å². The number of carbonyl (C=O) groups excluding carboxylic acids is 1. The predicted molar refractivity (Wildman–Crippen MR) is 60.5 cm³/mol. The molecule has 1 fully saturated rings. The number of amides is 1. The molecule has 0 aromatic heterocycles. The maximum absolute atomic E-state index is 10.7. The molecule has 15 heavy (non-hydrogen) atoms. The molecule has 0 atom stereocenters. The fourth-order valence-electron chi connectivity index (χ4n) is 2.37. The molecular formula is C13H17NO. The van der Waals surface area contributed by atoms with E-state index < -0.39 is 0 Å². The molecule has 0 unspecified atom stereocenters. The van der Waals surface area contributed by atoms with Crippen molar-refractivity contribution in [2.45, 2.75) is 38.0 Å². The van der Waals surface area contributed by atoms with Gasteiger partial charge in [-0.05, 0) is 29.9 Å². The zero-order valence-corrected chi connectivity index (χ0v) is 8.91. The Morgan fingerprint density at radius 2 is 1.80 bits per heavy atom. The second-order valence-corrected chi connectivity index (χ2v) is 4.37. The van der Waals surface area contributed by atoms with Crippen molar-refractivity contribution in [3.05, 3.63) is 35.4 Å². The fourth-order valence-corrected chi connectivity index (χ4v) is 2.37. The molecule has 80 valence electrons. The van der Waals surface area contributed by atoms with Crippen LogP contribution in [0.3, 0.4) is 0 Å². The molecular weight excluding hydrogens is 186 g/mol. The summed E-state index contributed by atoms with van der Waals surface area (Å²) in [5.74, 6) is 0.483. The van der Waals surface area contributed by atoms with Gasteiger partial charge < -0.3 is 5.73 Å². The standard InChI is InChI=1S/C13H17NO/c14-13(15)9-10-5-7-12(8-6-10)11-3-1-2-4-11/h5-8,11H,1-4,9H2,(H2,14,15). The molecule has 1 aliphatic carbocycles. The van der Waals surface area contributed by atoms with Gasteiger partial charge in [0.05, 0.1) is 6.42 Å². The van der Waals surface area contributed by atoms with Crippen LogP contribution in [0.1, 0.15) is 42.7 Å². The third-order valence-electron chi connectivity index (χ3n) is 3.18. The van der Waals surface area contributed by atoms with E-state index in [1.165, 1.54) is 31.2 Å². The Balaban J connectivity index is 2.06. The van der Waals surface area contributed by atoms with Crippen LogP contribution in [0.5, 0.6) is 0 Å². The molecule has 0 heterocycles. The highest BCUT2D eigenvalue weighted by molar-refractivity contribution is 5.76. The minimum atomic E-state index is -0.261. The zero-order chi connectivity index (χ0) is 10.7. The second-order valence-electron chi connectivity index (χ2n) is 4.37. The Bertz CT molecular complexity index is 336. The summed E-state index contributed by atoms with van der Waals surface area (Å²) in [6, 6.07) is 8.35. The van der Waals surface area contributed by atoms with Crippen molar-refractivity contribution in [3.8, 4) is 0 Å². The van der Waals surface area contributed by atoms with Gasteiger partial charge >= 0.3 is 0 Å². The average Bonchev–Trinajstić information content (AvgIpc) is 2.71. The lowest BCUT2D eigenvalue weighted by Crippen LogP contribution is -2.13. The van der Waals surface area contributed by atoms with Gasteiger partial charge in [0.15, 0.2) is 0 Å². The lowest BCUT2D eigenvalue weighted by atomic mass is 9.96. The van der Waals surface area contributed by atoms with Crippen LogP contribution in [0, 0.1) is 0 Å². The van der Waals surface area contributed by atoms with Crippen molar-refractivity contribution in [2.24, 2.45) is 5.73 Å². The number of carbonyl (C=O) groups is 1. The van der Waals surface area contributed by atoms with E-state index in [-0.39, 0.29) is 5.91 Å². The molecule has 0 aliphatic heterocycles. The molecule has 2 heteroatoms. The first-order chi connectivity index (χ1) is 7.25. The van der Waals surface area contributed by atoms with Crippen LogP contribution in [0.25, 0.3) is 0 Å². The van der Waals surface area contributed by atoms with Crippen molar-refractivity contribution < 1.29 is 4.79 Å². The monoisotopic (exact) mass is 203 g/mol. The molecule has 1 aromatic rings. The molecule has 1 saturated carbocycles. The third kappa shape index (κ3) is 2.58. The average molecular weight is 203 g/mol. The largest absolute Gasteiger partial charge is 0.369 e. The summed E-state index contributed by atoms with van der Waals surface area (Å²) >= 11 is 0. The first kappa shape index (κ1) is 10.2. The summed E-state index contributed by atoms with van der Waals surface area (Å²) in [6.45, 7) is 0. The van der Waals surface area contributed by atoms with Crippen LogP contribution in [0.2, 0.25) is 0 Å². The summed E-state index contributed by atoms with van der Waals surface area (Å²) < 4.78 is 0. The van der Waals surface area contributed by atoms with Gasteiger partial charge in [0, 0.05) is 0 Å². The normalized spacial score (nSPS) is 16.8. The number of hydrogen-bond donors (Lipinski definition) is 1. The summed E-state index contributed by atoms with van der Waals surface area (Å²) in [6.07, 6.45) is 5.69. The third-order valence-corrected chi connectivity index (χ3v) is 3.18. The first-order valence-corrected chi connectivity index (χ1v) is 5.63. The topological polar surface area (TPSA) is 43.1 Å². The highest BCUT2D eigenvalue weighted by atomic mass is 16.1. The Morgan fingerprint density at radius 3 is 2.33 bits per heavy atom. The van der Waals surface area contributed by atoms with Crippen molar-refractivity contribution in [1.82, 2.24) is 0 Å². The summed E-state index contributed by atoms with van der Waals surface area (Å²) in [7, 11) is 0. The molecule has 1 aliphatic rings. The number of nitrogens with two attached hydrogens (primary N) is 1. The number of hydrogen-bond acceptors (Lipinski definition) is 1. The van der Waals surface area contributed by atoms with E-state index >= 15 is 0 Å². The van der Waals surface area contributed by atoms with E-state index in [1.54, 1.807) is 0 Å².